The number of ether oxygens (including phenoxy) is 1. The van der Waals surface area contributed by atoms with Crippen molar-refractivity contribution < 1.29 is 14.6 Å². The molecule has 0 heterocycles. The lowest BCUT2D eigenvalue weighted by Gasteiger charge is -2.22. The number of carbonyl (C=O) groups excluding carboxylic acids is 1. The molecular formula is C11H22N2O3. The molecule has 0 aromatic rings. The topological polar surface area (TPSA) is 70.6 Å². The van der Waals surface area contributed by atoms with E-state index >= 15 is 0 Å². The Balaban J connectivity index is 2.05. The monoisotopic (exact) mass is 230 g/mol. The van der Waals surface area contributed by atoms with Gasteiger partial charge in [0.15, 0.2) is 0 Å². The Labute approximate surface area is 96.6 Å². The number of hydrogen-bond donors (Lipinski definition) is 3. The maximum absolute atomic E-state index is 11.4. The fraction of sp³-hybridized carbons (Fsp3) is 0.909. The summed E-state index contributed by atoms with van der Waals surface area (Å²) in [6.07, 6.45) is 3.70. The SMILES string of the molecule is COCCNCC(=O)NCC1(O)CCCC1. The van der Waals surface area contributed by atoms with Crippen LogP contribution in [-0.2, 0) is 9.53 Å². The highest BCUT2D eigenvalue weighted by atomic mass is 16.5. The van der Waals surface area contributed by atoms with E-state index in [9.17, 15) is 9.90 Å². The predicted octanol–water partition coefficient (Wildman–Crippen LogP) is -0.356. The van der Waals surface area contributed by atoms with Crippen molar-refractivity contribution in [3.05, 3.63) is 0 Å². The van der Waals surface area contributed by atoms with Gasteiger partial charge >= 0.3 is 0 Å². The summed E-state index contributed by atoms with van der Waals surface area (Å²) in [7, 11) is 1.62. The average Bonchev–Trinajstić information content (AvgIpc) is 2.70. The summed E-state index contributed by atoms with van der Waals surface area (Å²) in [5.74, 6) is -0.0728. The molecule has 1 saturated carbocycles. The van der Waals surface area contributed by atoms with Crippen molar-refractivity contribution in [3.63, 3.8) is 0 Å². The van der Waals surface area contributed by atoms with E-state index in [0.29, 0.717) is 19.7 Å². The predicted molar refractivity (Wildman–Crippen MR) is 61.2 cm³/mol. The van der Waals surface area contributed by atoms with Crippen LogP contribution in [0.1, 0.15) is 25.7 Å². The van der Waals surface area contributed by atoms with Gasteiger partial charge in [0.05, 0.1) is 18.8 Å². The lowest BCUT2D eigenvalue weighted by molar-refractivity contribution is -0.121. The van der Waals surface area contributed by atoms with Gasteiger partial charge in [-0.15, -0.1) is 0 Å². The first kappa shape index (κ1) is 13.4. The van der Waals surface area contributed by atoms with Crippen molar-refractivity contribution in [2.24, 2.45) is 0 Å². The minimum atomic E-state index is -0.664. The van der Waals surface area contributed by atoms with Gasteiger partial charge in [0, 0.05) is 20.2 Å². The molecule has 0 spiro atoms. The summed E-state index contributed by atoms with van der Waals surface area (Å²) in [6.45, 7) is 1.91. The first-order valence-corrected chi connectivity index (χ1v) is 5.85. The molecule has 0 aliphatic heterocycles. The zero-order valence-corrected chi connectivity index (χ0v) is 9.92. The van der Waals surface area contributed by atoms with Crippen LogP contribution in [0.3, 0.4) is 0 Å². The van der Waals surface area contributed by atoms with Crippen LogP contribution in [-0.4, -0.2) is 50.0 Å². The van der Waals surface area contributed by atoms with Crippen molar-refractivity contribution in [1.82, 2.24) is 10.6 Å². The van der Waals surface area contributed by atoms with Crippen molar-refractivity contribution in [3.8, 4) is 0 Å². The quantitative estimate of drug-likeness (QED) is 0.523. The van der Waals surface area contributed by atoms with Crippen LogP contribution in [0.4, 0.5) is 0 Å². The molecule has 0 aromatic carbocycles. The zero-order valence-electron chi connectivity index (χ0n) is 9.92. The van der Waals surface area contributed by atoms with Gasteiger partial charge in [0.2, 0.25) is 5.91 Å². The Bertz CT molecular complexity index is 215. The maximum atomic E-state index is 11.4. The molecule has 0 atom stereocenters. The first-order valence-electron chi connectivity index (χ1n) is 5.85. The number of rotatable bonds is 7. The highest BCUT2D eigenvalue weighted by molar-refractivity contribution is 5.78. The van der Waals surface area contributed by atoms with Gasteiger partial charge in [-0.25, -0.2) is 0 Å². The van der Waals surface area contributed by atoms with Gasteiger partial charge in [-0.05, 0) is 12.8 Å². The molecule has 16 heavy (non-hydrogen) atoms. The van der Waals surface area contributed by atoms with E-state index in [1.807, 2.05) is 0 Å². The molecule has 1 aliphatic rings. The van der Waals surface area contributed by atoms with Gasteiger partial charge in [-0.2, -0.15) is 0 Å². The van der Waals surface area contributed by atoms with Crippen LogP contribution in [0, 0.1) is 0 Å². The molecule has 1 rings (SSSR count). The first-order chi connectivity index (χ1) is 7.66. The molecule has 0 aromatic heterocycles. The number of nitrogens with one attached hydrogen (secondary N) is 2. The Kier molecular flexibility index (Phi) is 5.73. The lowest BCUT2D eigenvalue weighted by atomic mass is 10.0. The summed E-state index contributed by atoms with van der Waals surface area (Å²) in [5, 5.41) is 15.7. The third-order valence-electron chi connectivity index (χ3n) is 2.92. The number of aliphatic hydroxyl groups is 1. The third kappa shape index (κ3) is 4.92. The molecule has 3 N–H and O–H groups in total. The van der Waals surface area contributed by atoms with Gasteiger partial charge < -0.3 is 20.5 Å². The second-order valence-electron chi connectivity index (χ2n) is 4.38. The van der Waals surface area contributed by atoms with Crippen LogP contribution < -0.4 is 10.6 Å². The normalized spacial score (nSPS) is 18.6. The van der Waals surface area contributed by atoms with Gasteiger partial charge in [0.25, 0.3) is 0 Å². The van der Waals surface area contributed by atoms with Crippen molar-refractivity contribution in [2.45, 2.75) is 31.3 Å². The lowest BCUT2D eigenvalue weighted by Crippen LogP contribution is -2.44. The van der Waals surface area contributed by atoms with E-state index in [2.05, 4.69) is 10.6 Å². The molecule has 1 fully saturated rings. The minimum absolute atomic E-state index is 0.0728. The molecule has 94 valence electrons. The molecule has 5 heteroatoms. The minimum Gasteiger partial charge on any atom is -0.388 e. The van der Waals surface area contributed by atoms with E-state index < -0.39 is 5.60 Å². The summed E-state index contributed by atoms with van der Waals surface area (Å²) >= 11 is 0. The molecule has 5 nitrogen and oxygen atoms in total. The number of hydrogen-bond acceptors (Lipinski definition) is 4. The van der Waals surface area contributed by atoms with Gasteiger partial charge in [-0.3, -0.25) is 4.79 Å². The smallest absolute Gasteiger partial charge is 0.234 e. The Morgan fingerprint density at radius 1 is 1.44 bits per heavy atom. The molecule has 1 amide bonds. The largest absolute Gasteiger partial charge is 0.388 e. The molecule has 0 radical (unpaired) electrons. The summed E-state index contributed by atoms with van der Waals surface area (Å²) in [4.78, 5) is 11.4. The standard InChI is InChI=1S/C11H22N2O3/c1-16-7-6-12-8-10(14)13-9-11(15)4-2-3-5-11/h12,15H,2-9H2,1H3,(H,13,14). The van der Waals surface area contributed by atoms with Crippen LogP contribution in [0.5, 0.6) is 0 Å². The Morgan fingerprint density at radius 3 is 2.75 bits per heavy atom. The van der Waals surface area contributed by atoms with Crippen molar-refractivity contribution >= 4 is 5.91 Å². The van der Waals surface area contributed by atoms with Crippen LogP contribution in [0.25, 0.3) is 0 Å². The Hall–Kier alpha value is -0.650. The van der Waals surface area contributed by atoms with E-state index in [1.54, 1.807) is 7.11 Å². The van der Waals surface area contributed by atoms with Gasteiger partial charge in [-0.1, -0.05) is 12.8 Å². The number of carbonyl (C=O) groups is 1. The molecule has 1 aliphatic carbocycles. The fourth-order valence-electron chi connectivity index (χ4n) is 1.91. The maximum Gasteiger partial charge on any atom is 0.234 e. The fourth-order valence-corrected chi connectivity index (χ4v) is 1.91. The summed E-state index contributed by atoms with van der Waals surface area (Å²) < 4.78 is 4.85. The number of amides is 1. The molecule has 0 saturated heterocycles. The Morgan fingerprint density at radius 2 is 2.12 bits per heavy atom. The average molecular weight is 230 g/mol. The molecule has 0 bridgehead atoms. The molecular weight excluding hydrogens is 208 g/mol. The summed E-state index contributed by atoms with van der Waals surface area (Å²) in [6, 6.07) is 0. The van der Waals surface area contributed by atoms with E-state index in [1.165, 1.54) is 0 Å². The highest BCUT2D eigenvalue weighted by Gasteiger charge is 2.31. The van der Waals surface area contributed by atoms with E-state index in [-0.39, 0.29) is 12.5 Å². The van der Waals surface area contributed by atoms with Crippen LogP contribution >= 0.6 is 0 Å². The summed E-state index contributed by atoms with van der Waals surface area (Å²) in [5.41, 5.74) is -0.664. The second kappa shape index (κ2) is 6.83. The third-order valence-corrected chi connectivity index (χ3v) is 2.92. The van der Waals surface area contributed by atoms with Gasteiger partial charge in [0.1, 0.15) is 0 Å². The highest BCUT2D eigenvalue weighted by Crippen LogP contribution is 2.28. The second-order valence-corrected chi connectivity index (χ2v) is 4.38. The van der Waals surface area contributed by atoms with Crippen molar-refractivity contribution in [1.29, 1.82) is 0 Å². The van der Waals surface area contributed by atoms with Crippen LogP contribution in [0.15, 0.2) is 0 Å². The zero-order chi connectivity index (χ0) is 11.9. The molecule has 0 unspecified atom stereocenters. The van der Waals surface area contributed by atoms with E-state index in [0.717, 1.165) is 25.7 Å². The van der Waals surface area contributed by atoms with E-state index in [4.69, 9.17) is 4.74 Å². The number of methoxy groups -OCH3 is 1. The van der Waals surface area contributed by atoms with Crippen molar-refractivity contribution in [2.75, 3.05) is 33.4 Å². The van der Waals surface area contributed by atoms with Crippen LogP contribution in [0.2, 0.25) is 0 Å².